The second kappa shape index (κ2) is 5.14. The molecule has 0 bridgehead atoms. The molecule has 4 heteroatoms. The lowest BCUT2D eigenvalue weighted by Crippen LogP contribution is -2.47. The number of fused-ring (bicyclic) bond motifs is 1. The van der Waals surface area contributed by atoms with Crippen LogP contribution >= 0.6 is 0 Å². The van der Waals surface area contributed by atoms with Crippen molar-refractivity contribution in [1.82, 2.24) is 10.6 Å². The highest BCUT2D eigenvalue weighted by Crippen LogP contribution is 2.30. The molecule has 18 heavy (non-hydrogen) atoms. The zero-order chi connectivity index (χ0) is 12.4. The van der Waals surface area contributed by atoms with Gasteiger partial charge in [-0.15, -0.1) is 0 Å². The third kappa shape index (κ3) is 2.29. The summed E-state index contributed by atoms with van der Waals surface area (Å²) >= 11 is 0. The lowest BCUT2D eigenvalue weighted by atomic mass is 9.93. The number of carbonyl (C=O) groups excluding carboxylic acids is 1. The lowest BCUT2D eigenvalue weighted by Gasteiger charge is -2.27. The SMILES string of the molecule is O=C(NC1CCCc2occc21)[C@H]1CCCCN1. The third-order valence-corrected chi connectivity index (χ3v) is 4.00. The van der Waals surface area contributed by atoms with Crippen molar-refractivity contribution >= 4 is 5.91 Å². The molecule has 2 heterocycles. The van der Waals surface area contributed by atoms with Crippen LogP contribution in [0.3, 0.4) is 0 Å². The smallest absolute Gasteiger partial charge is 0.237 e. The summed E-state index contributed by atoms with van der Waals surface area (Å²) in [5, 5.41) is 6.46. The lowest BCUT2D eigenvalue weighted by molar-refractivity contribution is -0.124. The molecule has 1 aliphatic carbocycles. The van der Waals surface area contributed by atoms with Crippen LogP contribution in [0.25, 0.3) is 0 Å². The molecule has 2 atom stereocenters. The maximum atomic E-state index is 12.2. The molecule has 0 spiro atoms. The normalized spacial score (nSPS) is 27.6. The standard InChI is InChI=1S/C14H20N2O2/c17-14(12-4-1-2-8-15-12)16-11-5-3-6-13-10(11)7-9-18-13/h7,9,11-12,15H,1-6,8H2,(H,16,17)/t11?,12-/m1/s1. The van der Waals surface area contributed by atoms with Crippen molar-refractivity contribution < 1.29 is 9.21 Å². The van der Waals surface area contributed by atoms with E-state index in [0.717, 1.165) is 44.4 Å². The molecule has 2 N–H and O–H groups in total. The predicted octanol–water partition coefficient (Wildman–Crippen LogP) is 1.92. The molecule has 0 saturated carbocycles. The predicted molar refractivity (Wildman–Crippen MR) is 68.2 cm³/mol. The van der Waals surface area contributed by atoms with Gasteiger partial charge < -0.3 is 15.1 Å². The Hall–Kier alpha value is -1.29. The molecule has 1 amide bonds. The minimum atomic E-state index is -0.00368. The number of hydrogen-bond donors (Lipinski definition) is 2. The van der Waals surface area contributed by atoms with Gasteiger partial charge in [0.2, 0.25) is 5.91 Å². The van der Waals surface area contributed by atoms with Crippen LogP contribution in [0.5, 0.6) is 0 Å². The molecule has 0 aromatic carbocycles. The van der Waals surface area contributed by atoms with Crippen LogP contribution in [0.4, 0.5) is 0 Å². The average molecular weight is 248 g/mol. The fraction of sp³-hybridized carbons (Fsp3) is 0.643. The van der Waals surface area contributed by atoms with Crippen molar-refractivity contribution in [2.45, 2.75) is 50.6 Å². The van der Waals surface area contributed by atoms with Crippen molar-refractivity contribution in [2.75, 3.05) is 6.54 Å². The zero-order valence-electron chi connectivity index (χ0n) is 10.6. The maximum absolute atomic E-state index is 12.2. The van der Waals surface area contributed by atoms with Gasteiger partial charge >= 0.3 is 0 Å². The van der Waals surface area contributed by atoms with Crippen LogP contribution in [-0.2, 0) is 11.2 Å². The fourth-order valence-corrected chi connectivity index (χ4v) is 2.98. The summed E-state index contributed by atoms with van der Waals surface area (Å²) in [5.74, 6) is 1.19. The molecular weight excluding hydrogens is 228 g/mol. The van der Waals surface area contributed by atoms with E-state index in [1.807, 2.05) is 6.07 Å². The second-order valence-electron chi connectivity index (χ2n) is 5.26. The number of hydrogen-bond acceptors (Lipinski definition) is 3. The Balaban J connectivity index is 1.65. The first-order chi connectivity index (χ1) is 8.84. The Bertz CT molecular complexity index is 421. The third-order valence-electron chi connectivity index (χ3n) is 4.00. The fourth-order valence-electron chi connectivity index (χ4n) is 2.98. The monoisotopic (exact) mass is 248 g/mol. The van der Waals surface area contributed by atoms with E-state index in [1.54, 1.807) is 6.26 Å². The van der Waals surface area contributed by atoms with E-state index in [0.29, 0.717) is 0 Å². The van der Waals surface area contributed by atoms with E-state index >= 15 is 0 Å². The largest absolute Gasteiger partial charge is 0.469 e. The molecule has 1 aromatic heterocycles. The molecule has 98 valence electrons. The highest BCUT2D eigenvalue weighted by Gasteiger charge is 2.27. The van der Waals surface area contributed by atoms with Crippen LogP contribution in [0, 0.1) is 0 Å². The summed E-state index contributed by atoms with van der Waals surface area (Å²) in [6.07, 6.45) is 8.11. The van der Waals surface area contributed by atoms with Gasteiger partial charge in [-0.3, -0.25) is 4.79 Å². The Morgan fingerprint density at radius 3 is 3.11 bits per heavy atom. The van der Waals surface area contributed by atoms with E-state index in [4.69, 9.17) is 4.42 Å². The Morgan fingerprint density at radius 2 is 2.28 bits per heavy atom. The number of amides is 1. The molecular formula is C14H20N2O2. The van der Waals surface area contributed by atoms with E-state index < -0.39 is 0 Å². The second-order valence-corrected chi connectivity index (χ2v) is 5.26. The molecule has 1 aliphatic heterocycles. The van der Waals surface area contributed by atoms with Crippen LogP contribution < -0.4 is 10.6 Å². The molecule has 1 fully saturated rings. The average Bonchev–Trinajstić information content (AvgIpc) is 2.89. The van der Waals surface area contributed by atoms with Gasteiger partial charge in [0.25, 0.3) is 0 Å². The van der Waals surface area contributed by atoms with Gasteiger partial charge in [0, 0.05) is 12.0 Å². The zero-order valence-corrected chi connectivity index (χ0v) is 10.6. The molecule has 4 nitrogen and oxygen atoms in total. The molecule has 3 rings (SSSR count). The summed E-state index contributed by atoms with van der Waals surface area (Å²) in [7, 11) is 0. The summed E-state index contributed by atoms with van der Waals surface area (Å²) in [6.45, 7) is 0.958. The highest BCUT2D eigenvalue weighted by atomic mass is 16.3. The number of nitrogens with one attached hydrogen (secondary N) is 2. The summed E-state index contributed by atoms with van der Waals surface area (Å²) < 4.78 is 5.45. The maximum Gasteiger partial charge on any atom is 0.237 e. The van der Waals surface area contributed by atoms with Gasteiger partial charge in [-0.05, 0) is 38.3 Å². The quantitative estimate of drug-likeness (QED) is 0.840. The number of aryl methyl sites for hydroxylation is 1. The van der Waals surface area contributed by atoms with Crippen LogP contribution in [0.15, 0.2) is 16.7 Å². The summed E-state index contributed by atoms with van der Waals surface area (Å²) in [4.78, 5) is 12.2. The van der Waals surface area contributed by atoms with E-state index in [-0.39, 0.29) is 18.0 Å². The van der Waals surface area contributed by atoms with Gasteiger partial charge in [0.1, 0.15) is 5.76 Å². The van der Waals surface area contributed by atoms with Gasteiger partial charge in [0.15, 0.2) is 0 Å². The van der Waals surface area contributed by atoms with Gasteiger partial charge in [0.05, 0.1) is 18.3 Å². The van der Waals surface area contributed by atoms with Gasteiger partial charge in [-0.1, -0.05) is 6.42 Å². The van der Waals surface area contributed by atoms with E-state index in [9.17, 15) is 4.79 Å². The Labute approximate surface area is 107 Å². The topological polar surface area (TPSA) is 54.3 Å². The number of piperidine rings is 1. The van der Waals surface area contributed by atoms with Crippen molar-refractivity contribution in [1.29, 1.82) is 0 Å². The van der Waals surface area contributed by atoms with Crippen molar-refractivity contribution in [3.8, 4) is 0 Å². The molecule has 2 aliphatic rings. The molecule has 1 unspecified atom stereocenters. The molecule has 0 radical (unpaired) electrons. The minimum absolute atomic E-state index is 0.00368. The number of rotatable bonds is 2. The van der Waals surface area contributed by atoms with E-state index in [2.05, 4.69) is 10.6 Å². The van der Waals surface area contributed by atoms with Crippen molar-refractivity contribution in [2.24, 2.45) is 0 Å². The first-order valence-electron chi connectivity index (χ1n) is 6.94. The first-order valence-corrected chi connectivity index (χ1v) is 6.94. The van der Waals surface area contributed by atoms with Crippen molar-refractivity contribution in [3.63, 3.8) is 0 Å². The van der Waals surface area contributed by atoms with Gasteiger partial charge in [-0.25, -0.2) is 0 Å². The number of furan rings is 1. The Morgan fingerprint density at radius 1 is 1.33 bits per heavy atom. The van der Waals surface area contributed by atoms with Crippen LogP contribution in [0.1, 0.15) is 49.5 Å². The minimum Gasteiger partial charge on any atom is -0.469 e. The van der Waals surface area contributed by atoms with E-state index in [1.165, 1.54) is 12.0 Å². The molecule has 1 saturated heterocycles. The van der Waals surface area contributed by atoms with Crippen LogP contribution in [0.2, 0.25) is 0 Å². The van der Waals surface area contributed by atoms with Crippen molar-refractivity contribution in [3.05, 3.63) is 23.7 Å². The highest BCUT2D eigenvalue weighted by molar-refractivity contribution is 5.82. The summed E-state index contributed by atoms with van der Waals surface area (Å²) in [5.41, 5.74) is 1.17. The first kappa shape index (κ1) is 11.8. The van der Waals surface area contributed by atoms with Crippen LogP contribution in [-0.4, -0.2) is 18.5 Å². The van der Waals surface area contributed by atoms with Gasteiger partial charge in [-0.2, -0.15) is 0 Å². The summed E-state index contributed by atoms with van der Waals surface area (Å²) in [6, 6.07) is 2.13. The molecule has 1 aromatic rings. The number of carbonyl (C=O) groups is 1. The Kier molecular flexibility index (Phi) is 3.37.